The Morgan fingerprint density at radius 2 is 1.58 bits per heavy atom. The van der Waals surface area contributed by atoms with Gasteiger partial charge in [-0.3, -0.25) is 19.2 Å². The van der Waals surface area contributed by atoms with Gasteiger partial charge in [0.05, 0.1) is 24.5 Å². The van der Waals surface area contributed by atoms with Crippen molar-refractivity contribution < 1.29 is 47.6 Å². The van der Waals surface area contributed by atoms with Crippen LogP contribution in [0.25, 0.3) is 0 Å². The number of hydrogen-bond acceptors (Lipinski definition) is 10. The van der Waals surface area contributed by atoms with Gasteiger partial charge in [0.15, 0.2) is 12.1 Å². The van der Waals surface area contributed by atoms with Crippen LogP contribution in [-0.4, -0.2) is 87.6 Å². The Bertz CT molecular complexity index is 1200. The average Bonchev–Trinajstić information content (AvgIpc) is 3.58. The van der Waals surface area contributed by atoms with E-state index in [0.717, 1.165) is 0 Å². The Labute approximate surface area is 266 Å². The van der Waals surface area contributed by atoms with Gasteiger partial charge < -0.3 is 28.4 Å². The van der Waals surface area contributed by atoms with Gasteiger partial charge in [-0.1, -0.05) is 13.0 Å². The number of carbonyl (C=O) groups excluding carboxylic acids is 4. The lowest BCUT2D eigenvalue weighted by molar-refractivity contribution is -0.314. The number of fused-ring (bicyclic) bond motifs is 8. The van der Waals surface area contributed by atoms with Crippen molar-refractivity contribution in [2.45, 2.75) is 115 Å². The van der Waals surface area contributed by atoms with E-state index in [2.05, 4.69) is 6.08 Å². The number of ketones is 3. The van der Waals surface area contributed by atoms with Crippen LogP contribution < -0.4 is 0 Å². The fraction of sp³-hybridized carbons (Fsp3) is 0.829. The van der Waals surface area contributed by atoms with E-state index in [1.165, 1.54) is 0 Å². The Balaban J connectivity index is 1.27. The Morgan fingerprint density at radius 1 is 0.867 bits per heavy atom. The van der Waals surface area contributed by atoms with Crippen molar-refractivity contribution in [3.05, 3.63) is 11.6 Å². The van der Waals surface area contributed by atoms with E-state index in [4.69, 9.17) is 28.4 Å². The number of methoxy groups -OCH3 is 3. The summed E-state index contributed by atoms with van der Waals surface area (Å²) in [6.45, 7) is 5.63. The molecule has 4 aliphatic carbocycles. The maximum atomic E-state index is 13.9. The lowest BCUT2D eigenvalue weighted by atomic mass is 9.49. The van der Waals surface area contributed by atoms with Crippen molar-refractivity contribution in [1.29, 1.82) is 0 Å². The van der Waals surface area contributed by atoms with Crippen LogP contribution in [0.3, 0.4) is 0 Å². The van der Waals surface area contributed by atoms with Gasteiger partial charge >= 0.3 is 5.97 Å². The molecule has 2 saturated heterocycles. The van der Waals surface area contributed by atoms with Crippen LogP contribution in [-0.2, 0) is 47.6 Å². The minimum absolute atomic E-state index is 0.0115. The first-order valence-electron chi connectivity index (χ1n) is 17.0. The Morgan fingerprint density at radius 3 is 2.24 bits per heavy atom. The molecular weight excluding hydrogens is 580 g/mol. The van der Waals surface area contributed by atoms with Crippen molar-refractivity contribution >= 4 is 23.3 Å². The van der Waals surface area contributed by atoms with E-state index in [0.29, 0.717) is 50.5 Å². The Hall–Kier alpha value is -1.98. The molecule has 6 rings (SSSR count). The smallest absolute Gasteiger partial charge is 0.306 e. The molecule has 5 fully saturated rings. The highest BCUT2D eigenvalue weighted by Gasteiger charge is 2.64. The standard InChI is InChI=1S/C35H50O10/c1-7-18-9-8-10-26(36)16(2)31(39)24-13-22-20-11-19(45-35-34(42-6)33(41-5)32(40-4)17(3)43-35)12-21(20)30-25(14-27(30)37)29(22)23(24)15-28(38)44-18/h13,16-23,25,29-30,32-35H,7-12,14-15H2,1-6H3/t16-,17?,18+,19+,20-,21-,22+,23-,25-,29-,30+,32+,33?,34?,35+/m1/s1. The van der Waals surface area contributed by atoms with Crippen LogP contribution in [0, 0.1) is 47.3 Å². The predicted molar refractivity (Wildman–Crippen MR) is 161 cm³/mol. The van der Waals surface area contributed by atoms with Crippen LogP contribution in [0.1, 0.15) is 72.1 Å². The van der Waals surface area contributed by atoms with Crippen LogP contribution >= 0.6 is 0 Å². The van der Waals surface area contributed by atoms with Crippen LogP contribution in [0.2, 0.25) is 0 Å². The van der Waals surface area contributed by atoms with Crippen LogP contribution in [0.5, 0.6) is 0 Å². The van der Waals surface area contributed by atoms with Crippen LogP contribution in [0.4, 0.5) is 0 Å². The lowest BCUT2D eigenvalue weighted by Gasteiger charge is -2.54. The molecule has 250 valence electrons. The summed E-state index contributed by atoms with van der Waals surface area (Å²) in [7, 11) is 4.86. The molecular formula is C35H50O10. The van der Waals surface area contributed by atoms with E-state index in [9.17, 15) is 19.2 Å². The van der Waals surface area contributed by atoms with Gasteiger partial charge in [0.25, 0.3) is 0 Å². The van der Waals surface area contributed by atoms with Gasteiger partial charge in [0.1, 0.15) is 36.0 Å². The summed E-state index contributed by atoms with van der Waals surface area (Å²) in [4.78, 5) is 53.6. The highest BCUT2D eigenvalue weighted by atomic mass is 16.7. The van der Waals surface area contributed by atoms with E-state index in [-0.39, 0.29) is 102 Å². The number of allylic oxidation sites excluding steroid dienone is 2. The molecule has 2 aliphatic heterocycles. The first kappa shape index (κ1) is 32.9. The minimum atomic E-state index is -0.746. The number of hydrogen-bond donors (Lipinski definition) is 0. The SMILES string of the molecule is CC[C@H]1CCCC(=O)[C@@H](C)C(=O)C2=C[C@H]3[C@@H]4C[C@H](O[C@@H]5OC(C)[C@H](OC)C(OC)C5OC)C[C@H]4[C@@H]4C(=O)C[C@@H]4[C@H]3[C@@H]2CC(=O)O1. The zero-order valence-corrected chi connectivity index (χ0v) is 27.5. The van der Waals surface area contributed by atoms with Crippen molar-refractivity contribution in [3.63, 3.8) is 0 Å². The average molecular weight is 631 g/mol. The zero-order chi connectivity index (χ0) is 32.2. The topological polar surface area (TPSA) is 124 Å². The fourth-order valence-corrected chi connectivity index (χ4v) is 9.94. The van der Waals surface area contributed by atoms with Crippen molar-refractivity contribution in [3.8, 4) is 0 Å². The third kappa shape index (κ3) is 5.77. The highest BCUT2D eigenvalue weighted by molar-refractivity contribution is 6.10. The molecule has 15 atom stereocenters. The number of carbonyl (C=O) groups is 4. The summed E-state index contributed by atoms with van der Waals surface area (Å²) >= 11 is 0. The summed E-state index contributed by atoms with van der Waals surface area (Å²) in [5.74, 6) is -1.11. The maximum absolute atomic E-state index is 13.9. The number of cyclic esters (lactones) is 1. The predicted octanol–water partition coefficient (Wildman–Crippen LogP) is 3.87. The van der Waals surface area contributed by atoms with Gasteiger partial charge in [-0.05, 0) is 81.1 Å². The number of esters is 1. The van der Waals surface area contributed by atoms with Gasteiger partial charge in [-0.15, -0.1) is 0 Å². The van der Waals surface area contributed by atoms with Gasteiger partial charge in [0, 0.05) is 46.0 Å². The molecule has 0 amide bonds. The van der Waals surface area contributed by atoms with Gasteiger partial charge in [-0.25, -0.2) is 0 Å². The second-order valence-corrected chi connectivity index (χ2v) is 14.3. The molecule has 0 aromatic heterocycles. The lowest BCUT2D eigenvalue weighted by Crippen LogP contribution is -2.59. The number of ether oxygens (including phenoxy) is 6. The van der Waals surface area contributed by atoms with Gasteiger partial charge in [-0.2, -0.15) is 0 Å². The summed E-state index contributed by atoms with van der Waals surface area (Å²) in [5.41, 5.74) is 0.594. The molecule has 0 radical (unpaired) electrons. The summed E-state index contributed by atoms with van der Waals surface area (Å²) in [6, 6.07) is 0. The minimum Gasteiger partial charge on any atom is -0.462 e. The summed E-state index contributed by atoms with van der Waals surface area (Å²) in [6.07, 6.45) is 3.74. The molecule has 3 unspecified atom stereocenters. The molecule has 10 heteroatoms. The molecule has 45 heavy (non-hydrogen) atoms. The quantitative estimate of drug-likeness (QED) is 0.316. The van der Waals surface area contributed by atoms with Crippen molar-refractivity contribution in [2.24, 2.45) is 47.3 Å². The van der Waals surface area contributed by atoms with Gasteiger partial charge in [0.2, 0.25) is 0 Å². The largest absolute Gasteiger partial charge is 0.462 e. The monoisotopic (exact) mass is 630 g/mol. The molecule has 3 saturated carbocycles. The first-order chi connectivity index (χ1) is 21.6. The third-order valence-corrected chi connectivity index (χ3v) is 12.1. The number of rotatable bonds is 6. The molecule has 10 nitrogen and oxygen atoms in total. The van der Waals surface area contributed by atoms with Crippen molar-refractivity contribution in [2.75, 3.05) is 21.3 Å². The third-order valence-electron chi connectivity index (χ3n) is 12.1. The molecule has 0 aromatic carbocycles. The normalized spacial score (nSPS) is 46.9. The second kappa shape index (κ2) is 13.3. The second-order valence-electron chi connectivity index (χ2n) is 14.3. The first-order valence-corrected chi connectivity index (χ1v) is 17.0. The molecule has 2 heterocycles. The molecule has 6 aliphatic rings. The number of Topliss-reactive ketones (excluding diaryl/α,β-unsaturated/α-hetero) is 3. The van der Waals surface area contributed by atoms with E-state index < -0.39 is 18.3 Å². The molecule has 0 bridgehead atoms. The Kier molecular flexibility index (Phi) is 9.71. The van der Waals surface area contributed by atoms with E-state index >= 15 is 0 Å². The molecule has 0 N–H and O–H groups in total. The highest BCUT2D eigenvalue weighted by Crippen LogP contribution is 2.64. The zero-order valence-electron chi connectivity index (χ0n) is 27.5. The summed E-state index contributed by atoms with van der Waals surface area (Å²) in [5, 5.41) is 0. The molecule has 0 spiro atoms. The molecule has 0 aromatic rings. The van der Waals surface area contributed by atoms with E-state index in [1.54, 1.807) is 28.3 Å². The van der Waals surface area contributed by atoms with Crippen LogP contribution in [0.15, 0.2) is 11.6 Å². The summed E-state index contributed by atoms with van der Waals surface area (Å²) < 4.78 is 36.0. The fourth-order valence-electron chi connectivity index (χ4n) is 9.94. The van der Waals surface area contributed by atoms with Crippen molar-refractivity contribution in [1.82, 2.24) is 0 Å². The maximum Gasteiger partial charge on any atom is 0.306 e. The van der Waals surface area contributed by atoms with E-state index in [1.807, 2.05) is 13.8 Å².